The van der Waals surface area contributed by atoms with Gasteiger partial charge in [-0.1, -0.05) is 6.07 Å². The maximum Gasteiger partial charge on any atom is 0.322 e. The fourth-order valence-electron chi connectivity index (χ4n) is 2.10. The van der Waals surface area contributed by atoms with Gasteiger partial charge in [-0.3, -0.25) is 4.98 Å². The largest absolute Gasteiger partial charge is 0.467 e. The molecule has 0 spiro atoms. The summed E-state index contributed by atoms with van der Waals surface area (Å²) in [6.45, 7) is 3.45. The van der Waals surface area contributed by atoms with E-state index in [-0.39, 0.29) is 0 Å². The summed E-state index contributed by atoms with van der Waals surface area (Å²) >= 11 is 0. The summed E-state index contributed by atoms with van der Waals surface area (Å²) in [6.07, 6.45) is 3.54. The third-order valence-corrected chi connectivity index (χ3v) is 3.25. The molecule has 1 aliphatic heterocycles. The first kappa shape index (κ1) is 14.5. The number of hydrogen-bond donors (Lipinski definition) is 1. The zero-order valence-electron chi connectivity index (χ0n) is 12.4. The van der Waals surface area contributed by atoms with Crippen LogP contribution in [-0.4, -0.2) is 53.3 Å². The molecule has 3 heterocycles. The molecule has 0 aromatic carbocycles. The van der Waals surface area contributed by atoms with Crippen molar-refractivity contribution in [3.63, 3.8) is 0 Å². The van der Waals surface area contributed by atoms with Gasteiger partial charge in [0.15, 0.2) is 0 Å². The van der Waals surface area contributed by atoms with Crippen LogP contribution in [0.4, 0.5) is 11.9 Å². The number of methoxy groups -OCH3 is 1. The Bertz CT molecular complexity index is 604. The molecule has 22 heavy (non-hydrogen) atoms. The second kappa shape index (κ2) is 6.99. The average molecular weight is 302 g/mol. The maximum absolute atomic E-state index is 5.35. The van der Waals surface area contributed by atoms with E-state index in [1.165, 1.54) is 0 Å². The van der Waals surface area contributed by atoms with E-state index in [4.69, 9.17) is 9.47 Å². The van der Waals surface area contributed by atoms with Crippen LogP contribution >= 0.6 is 0 Å². The number of morpholine rings is 1. The Morgan fingerprint density at radius 1 is 1.27 bits per heavy atom. The van der Waals surface area contributed by atoms with Gasteiger partial charge in [-0.05, 0) is 11.6 Å². The van der Waals surface area contributed by atoms with Gasteiger partial charge in [0.2, 0.25) is 11.9 Å². The van der Waals surface area contributed by atoms with Crippen LogP contribution in [0.15, 0.2) is 24.5 Å². The first-order valence-electron chi connectivity index (χ1n) is 7.10. The third-order valence-electron chi connectivity index (χ3n) is 3.25. The van der Waals surface area contributed by atoms with Gasteiger partial charge >= 0.3 is 6.01 Å². The predicted octanol–water partition coefficient (Wildman–Crippen LogP) is 0.724. The number of pyridine rings is 1. The van der Waals surface area contributed by atoms with Crippen molar-refractivity contribution < 1.29 is 9.47 Å². The van der Waals surface area contributed by atoms with E-state index in [0.717, 1.165) is 18.7 Å². The molecule has 1 aliphatic rings. The second-order valence-corrected chi connectivity index (χ2v) is 4.76. The third kappa shape index (κ3) is 3.59. The number of ether oxygens (including phenoxy) is 2. The molecule has 0 bridgehead atoms. The highest BCUT2D eigenvalue weighted by atomic mass is 16.5. The Morgan fingerprint density at radius 2 is 2.14 bits per heavy atom. The summed E-state index contributed by atoms with van der Waals surface area (Å²) in [6, 6.07) is 4.18. The van der Waals surface area contributed by atoms with E-state index in [0.29, 0.717) is 37.7 Å². The highest BCUT2D eigenvalue weighted by Crippen LogP contribution is 2.16. The molecular weight excluding hydrogens is 284 g/mol. The smallest absolute Gasteiger partial charge is 0.322 e. The van der Waals surface area contributed by atoms with Crippen molar-refractivity contribution in [3.05, 3.63) is 30.1 Å². The van der Waals surface area contributed by atoms with Crippen LogP contribution in [0.25, 0.3) is 0 Å². The van der Waals surface area contributed by atoms with Crippen molar-refractivity contribution in [2.24, 2.45) is 0 Å². The van der Waals surface area contributed by atoms with Crippen LogP contribution in [0.2, 0.25) is 0 Å². The Hall–Kier alpha value is -2.48. The van der Waals surface area contributed by atoms with Gasteiger partial charge in [0.25, 0.3) is 0 Å². The molecule has 116 valence electrons. The second-order valence-electron chi connectivity index (χ2n) is 4.76. The molecule has 8 nitrogen and oxygen atoms in total. The fourth-order valence-corrected chi connectivity index (χ4v) is 2.10. The summed E-state index contributed by atoms with van der Waals surface area (Å²) in [4.78, 5) is 19.1. The van der Waals surface area contributed by atoms with Crippen molar-refractivity contribution in [2.45, 2.75) is 6.54 Å². The lowest BCUT2D eigenvalue weighted by atomic mass is 10.3. The van der Waals surface area contributed by atoms with Gasteiger partial charge in [0.1, 0.15) is 0 Å². The summed E-state index contributed by atoms with van der Waals surface area (Å²) in [5.74, 6) is 1.08. The van der Waals surface area contributed by atoms with Crippen LogP contribution in [-0.2, 0) is 11.3 Å². The minimum absolute atomic E-state index is 0.296. The molecule has 1 saturated heterocycles. The van der Waals surface area contributed by atoms with Gasteiger partial charge in [-0.25, -0.2) is 0 Å². The van der Waals surface area contributed by atoms with Gasteiger partial charge in [-0.15, -0.1) is 0 Å². The summed E-state index contributed by atoms with van der Waals surface area (Å²) in [5.41, 5.74) is 1.05. The van der Waals surface area contributed by atoms with E-state index in [2.05, 4.69) is 30.2 Å². The highest BCUT2D eigenvalue weighted by Gasteiger charge is 2.16. The van der Waals surface area contributed by atoms with Crippen LogP contribution in [0.1, 0.15) is 5.56 Å². The Labute approximate surface area is 128 Å². The van der Waals surface area contributed by atoms with Crippen molar-refractivity contribution >= 4 is 11.9 Å². The molecule has 0 saturated carbocycles. The van der Waals surface area contributed by atoms with E-state index in [1.807, 2.05) is 12.1 Å². The summed E-state index contributed by atoms with van der Waals surface area (Å²) in [7, 11) is 1.54. The molecule has 2 aromatic heterocycles. The molecule has 0 radical (unpaired) electrons. The standard InChI is InChI=1S/C14H18N6O2/c1-21-14-18-12(16-10-11-3-2-4-15-9-11)17-13(19-14)20-5-7-22-8-6-20/h2-4,9H,5-8,10H2,1H3,(H,16,17,18,19). The lowest BCUT2D eigenvalue weighted by Gasteiger charge is -2.26. The van der Waals surface area contributed by atoms with Crippen LogP contribution in [0, 0.1) is 0 Å². The normalized spacial score (nSPS) is 14.7. The first-order valence-corrected chi connectivity index (χ1v) is 7.10. The number of nitrogens with one attached hydrogen (secondary N) is 1. The fraction of sp³-hybridized carbons (Fsp3) is 0.429. The number of nitrogens with zero attached hydrogens (tertiary/aromatic N) is 5. The van der Waals surface area contributed by atoms with Crippen molar-refractivity contribution in [2.75, 3.05) is 43.6 Å². The lowest BCUT2D eigenvalue weighted by molar-refractivity contribution is 0.122. The SMILES string of the molecule is COc1nc(NCc2cccnc2)nc(N2CCOCC2)n1. The molecule has 1 N–H and O–H groups in total. The van der Waals surface area contributed by atoms with E-state index >= 15 is 0 Å². The summed E-state index contributed by atoms with van der Waals surface area (Å²) < 4.78 is 10.5. The molecule has 0 atom stereocenters. The zero-order chi connectivity index (χ0) is 15.2. The Balaban J connectivity index is 1.75. The first-order chi connectivity index (χ1) is 10.8. The van der Waals surface area contributed by atoms with Crippen LogP contribution in [0.5, 0.6) is 6.01 Å². The van der Waals surface area contributed by atoms with Crippen molar-refractivity contribution in [1.29, 1.82) is 0 Å². The van der Waals surface area contributed by atoms with Crippen molar-refractivity contribution in [1.82, 2.24) is 19.9 Å². The van der Waals surface area contributed by atoms with E-state index in [9.17, 15) is 0 Å². The maximum atomic E-state index is 5.35. The quantitative estimate of drug-likeness (QED) is 0.865. The molecule has 0 unspecified atom stereocenters. The topological polar surface area (TPSA) is 85.3 Å². The predicted molar refractivity (Wildman–Crippen MR) is 81.0 cm³/mol. The van der Waals surface area contributed by atoms with E-state index in [1.54, 1.807) is 19.5 Å². The van der Waals surface area contributed by atoms with Gasteiger partial charge in [0.05, 0.1) is 20.3 Å². The lowest BCUT2D eigenvalue weighted by Crippen LogP contribution is -2.37. The zero-order valence-corrected chi connectivity index (χ0v) is 12.4. The molecular formula is C14H18N6O2. The monoisotopic (exact) mass is 302 g/mol. The van der Waals surface area contributed by atoms with Crippen LogP contribution in [0.3, 0.4) is 0 Å². The molecule has 0 amide bonds. The van der Waals surface area contributed by atoms with Gasteiger partial charge < -0.3 is 19.7 Å². The number of anilines is 2. The highest BCUT2D eigenvalue weighted by molar-refractivity contribution is 5.39. The van der Waals surface area contributed by atoms with Gasteiger partial charge in [0, 0.05) is 32.0 Å². The Kier molecular flexibility index (Phi) is 4.59. The summed E-state index contributed by atoms with van der Waals surface area (Å²) in [5, 5.41) is 3.18. The Morgan fingerprint density at radius 3 is 2.86 bits per heavy atom. The molecule has 0 aliphatic carbocycles. The van der Waals surface area contributed by atoms with E-state index < -0.39 is 0 Å². The number of rotatable bonds is 5. The number of aromatic nitrogens is 4. The minimum Gasteiger partial charge on any atom is -0.467 e. The van der Waals surface area contributed by atoms with Crippen molar-refractivity contribution in [3.8, 4) is 6.01 Å². The average Bonchev–Trinajstić information content (AvgIpc) is 2.61. The van der Waals surface area contributed by atoms with Gasteiger partial charge in [-0.2, -0.15) is 15.0 Å². The molecule has 3 rings (SSSR count). The molecule has 8 heteroatoms. The minimum atomic E-state index is 0.296. The molecule has 2 aromatic rings. The van der Waals surface area contributed by atoms with Crippen LogP contribution < -0.4 is 15.0 Å². The molecule has 1 fully saturated rings. The number of hydrogen-bond acceptors (Lipinski definition) is 8.